The Morgan fingerprint density at radius 2 is 2.16 bits per heavy atom. The molecular weight excluding hydrogens is 264 g/mol. The van der Waals surface area contributed by atoms with Gasteiger partial charge in [0, 0.05) is 0 Å². The van der Waals surface area contributed by atoms with Gasteiger partial charge in [0.15, 0.2) is 0 Å². The van der Waals surface area contributed by atoms with E-state index in [9.17, 15) is 4.79 Å². The van der Waals surface area contributed by atoms with E-state index in [4.69, 9.17) is 21.4 Å². The van der Waals surface area contributed by atoms with Crippen molar-refractivity contribution >= 4 is 17.6 Å². The molecule has 0 aliphatic heterocycles. The van der Waals surface area contributed by atoms with Crippen LogP contribution in [0.2, 0.25) is 5.02 Å². The third-order valence-electron chi connectivity index (χ3n) is 3.55. The van der Waals surface area contributed by atoms with Crippen molar-refractivity contribution in [3.8, 4) is 5.75 Å². The SMILES string of the molecule is CC1CC=CCC1COc1ccc(C(=O)O)cc1Cl. The molecule has 1 aliphatic carbocycles. The molecule has 102 valence electrons. The number of aromatic carboxylic acids is 1. The lowest BCUT2D eigenvalue weighted by molar-refractivity contribution is 0.0697. The number of carboxylic acids is 1. The third kappa shape index (κ3) is 3.51. The lowest BCUT2D eigenvalue weighted by Gasteiger charge is -2.25. The maximum atomic E-state index is 10.8. The molecule has 0 saturated carbocycles. The summed E-state index contributed by atoms with van der Waals surface area (Å²) < 4.78 is 5.72. The van der Waals surface area contributed by atoms with E-state index in [1.54, 1.807) is 6.07 Å². The van der Waals surface area contributed by atoms with Crippen LogP contribution in [0.3, 0.4) is 0 Å². The molecule has 0 radical (unpaired) electrons. The molecule has 2 rings (SSSR count). The molecule has 1 aliphatic rings. The minimum atomic E-state index is -0.987. The van der Waals surface area contributed by atoms with Crippen molar-refractivity contribution < 1.29 is 14.6 Å². The van der Waals surface area contributed by atoms with Crippen LogP contribution in [0, 0.1) is 11.8 Å². The summed E-state index contributed by atoms with van der Waals surface area (Å²) in [7, 11) is 0. The van der Waals surface area contributed by atoms with E-state index in [0.717, 1.165) is 12.8 Å². The van der Waals surface area contributed by atoms with Crippen molar-refractivity contribution in [2.24, 2.45) is 11.8 Å². The molecule has 4 heteroatoms. The second-order valence-corrected chi connectivity index (χ2v) is 5.35. The van der Waals surface area contributed by atoms with Gasteiger partial charge in [0.25, 0.3) is 0 Å². The molecule has 2 atom stereocenters. The number of rotatable bonds is 4. The van der Waals surface area contributed by atoms with Gasteiger partial charge in [-0.2, -0.15) is 0 Å². The molecule has 3 nitrogen and oxygen atoms in total. The number of halogens is 1. The van der Waals surface area contributed by atoms with Gasteiger partial charge in [0.05, 0.1) is 17.2 Å². The van der Waals surface area contributed by atoms with Gasteiger partial charge in [-0.15, -0.1) is 0 Å². The fraction of sp³-hybridized carbons (Fsp3) is 0.400. The maximum Gasteiger partial charge on any atom is 0.335 e. The zero-order chi connectivity index (χ0) is 13.8. The molecule has 1 N–H and O–H groups in total. The fourth-order valence-corrected chi connectivity index (χ4v) is 2.42. The zero-order valence-corrected chi connectivity index (χ0v) is 11.6. The molecule has 0 aromatic heterocycles. The Morgan fingerprint density at radius 1 is 1.42 bits per heavy atom. The molecule has 0 heterocycles. The largest absolute Gasteiger partial charge is 0.492 e. The van der Waals surface area contributed by atoms with E-state index in [-0.39, 0.29) is 5.56 Å². The Morgan fingerprint density at radius 3 is 2.79 bits per heavy atom. The first-order chi connectivity index (χ1) is 9.08. The van der Waals surface area contributed by atoms with E-state index in [1.165, 1.54) is 12.1 Å². The number of benzene rings is 1. The number of hydrogen-bond donors (Lipinski definition) is 1. The normalized spacial score (nSPS) is 22.2. The predicted octanol–water partition coefficient (Wildman–Crippen LogP) is 4.02. The van der Waals surface area contributed by atoms with Crippen molar-refractivity contribution in [3.63, 3.8) is 0 Å². The number of carbonyl (C=O) groups is 1. The van der Waals surface area contributed by atoms with Gasteiger partial charge in [-0.05, 0) is 42.9 Å². The number of hydrogen-bond acceptors (Lipinski definition) is 2. The minimum absolute atomic E-state index is 0.173. The highest BCUT2D eigenvalue weighted by Crippen LogP contribution is 2.29. The van der Waals surface area contributed by atoms with Crippen LogP contribution in [0.5, 0.6) is 5.75 Å². The van der Waals surface area contributed by atoms with Gasteiger partial charge in [0.2, 0.25) is 0 Å². The predicted molar refractivity (Wildman–Crippen MR) is 74.9 cm³/mol. The molecule has 0 saturated heterocycles. The van der Waals surface area contributed by atoms with Crippen LogP contribution in [0.4, 0.5) is 0 Å². The molecule has 1 aromatic carbocycles. The van der Waals surface area contributed by atoms with Crippen molar-refractivity contribution in [1.29, 1.82) is 0 Å². The molecule has 1 aromatic rings. The summed E-state index contributed by atoms with van der Waals surface area (Å²) in [5.41, 5.74) is 0.173. The number of allylic oxidation sites excluding steroid dienone is 2. The number of ether oxygens (including phenoxy) is 1. The zero-order valence-electron chi connectivity index (χ0n) is 10.8. The van der Waals surface area contributed by atoms with E-state index in [0.29, 0.717) is 29.2 Å². The van der Waals surface area contributed by atoms with Gasteiger partial charge in [-0.25, -0.2) is 4.79 Å². The van der Waals surface area contributed by atoms with Gasteiger partial charge in [-0.1, -0.05) is 30.7 Å². The Hall–Kier alpha value is -1.48. The minimum Gasteiger partial charge on any atom is -0.492 e. The van der Waals surface area contributed by atoms with E-state index in [1.807, 2.05) is 0 Å². The van der Waals surface area contributed by atoms with Crippen LogP contribution in [-0.4, -0.2) is 17.7 Å². The lowest BCUT2D eigenvalue weighted by Crippen LogP contribution is -2.21. The highest BCUT2D eigenvalue weighted by Gasteiger charge is 2.19. The summed E-state index contributed by atoms with van der Waals surface area (Å²) in [6, 6.07) is 4.55. The third-order valence-corrected chi connectivity index (χ3v) is 3.85. The Balaban J connectivity index is 1.99. The highest BCUT2D eigenvalue weighted by atomic mass is 35.5. The average Bonchev–Trinajstić information content (AvgIpc) is 2.39. The van der Waals surface area contributed by atoms with Gasteiger partial charge >= 0.3 is 5.97 Å². The quantitative estimate of drug-likeness (QED) is 0.848. The first-order valence-corrected chi connectivity index (χ1v) is 6.76. The van der Waals surface area contributed by atoms with Crippen LogP contribution in [-0.2, 0) is 0 Å². The Labute approximate surface area is 117 Å². The van der Waals surface area contributed by atoms with Crippen molar-refractivity contribution in [3.05, 3.63) is 40.9 Å². The van der Waals surface area contributed by atoms with Crippen LogP contribution >= 0.6 is 11.6 Å². The smallest absolute Gasteiger partial charge is 0.335 e. The van der Waals surface area contributed by atoms with Gasteiger partial charge in [0.1, 0.15) is 5.75 Å². The summed E-state index contributed by atoms with van der Waals surface area (Å²) in [5, 5.41) is 9.21. The van der Waals surface area contributed by atoms with E-state index in [2.05, 4.69) is 19.1 Å². The molecule has 19 heavy (non-hydrogen) atoms. The molecule has 2 unspecified atom stereocenters. The van der Waals surface area contributed by atoms with Crippen molar-refractivity contribution in [2.75, 3.05) is 6.61 Å². The summed E-state index contributed by atoms with van der Waals surface area (Å²) in [5.74, 6) is 0.648. The molecule has 0 fully saturated rings. The second-order valence-electron chi connectivity index (χ2n) is 4.94. The highest BCUT2D eigenvalue weighted by molar-refractivity contribution is 6.32. The maximum absolute atomic E-state index is 10.8. The molecule has 0 bridgehead atoms. The van der Waals surface area contributed by atoms with Crippen molar-refractivity contribution in [2.45, 2.75) is 19.8 Å². The first-order valence-electron chi connectivity index (χ1n) is 6.38. The van der Waals surface area contributed by atoms with Gasteiger partial charge < -0.3 is 9.84 Å². The molecule has 0 amide bonds. The Kier molecular flexibility index (Phi) is 4.48. The van der Waals surface area contributed by atoms with E-state index < -0.39 is 5.97 Å². The lowest BCUT2D eigenvalue weighted by atomic mass is 9.85. The van der Waals surface area contributed by atoms with Gasteiger partial charge in [-0.3, -0.25) is 0 Å². The van der Waals surface area contributed by atoms with Crippen molar-refractivity contribution in [1.82, 2.24) is 0 Å². The first kappa shape index (κ1) is 13.9. The fourth-order valence-electron chi connectivity index (χ4n) is 2.19. The summed E-state index contributed by atoms with van der Waals surface area (Å²) in [6.07, 6.45) is 6.49. The average molecular weight is 281 g/mol. The van der Waals surface area contributed by atoms with Crippen LogP contribution in [0.15, 0.2) is 30.4 Å². The molecule has 0 spiro atoms. The monoisotopic (exact) mass is 280 g/mol. The van der Waals surface area contributed by atoms with Crippen LogP contribution < -0.4 is 4.74 Å². The topological polar surface area (TPSA) is 46.5 Å². The summed E-state index contributed by atoms with van der Waals surface area (Å²) in [4.78, 5) is 10.8. The molecular formula is C15H17ClO3. The van der Waals surface area contributed by atoms with Crippen LogP contribution in [0.1, 0.15) is 30.1 Å². The summed E-state index contributed by atoms with van der Waals surface area (Å²) >= 11 is 6.03. The second kappa shape index (κ2) is 6.11. The van der Waals surface area contributed by atoms with E-state index >= 15 is 0 Å². The number of carboxylic acid groups (broad SMARTS) is 1. The Bertz CT molecular complexity index is 496. The summed E-state index contributed by atoms with van der Waals surface area (Å²) in [6.45, 7) is 2.82. The van der Waals surface area contributed by atoms with Crippen LogP contribution in [0.25, 0.3) is 0 Å². The standard InChI is InChI=1S/C15H17ClO3/c1-10-4-2-3-5-12(10)9-19-14-7-6-11(15(17)18)8-13(14)16/h2-3,6-8,10,12H,4-5,9H2,1H3,(H,17,18).